The van der Waals surface area contributed by atoms with E-state index in [0.717, 1.165) is 19.9 Å². The number of alkyl halides is 2. The van der Waals surface area contributed by atoms with Crippen molar-refractivity contribution in [2.24, 2.45) is 0 Å². The molecule has 3 aromatic rings. The van der Waals surface area contributed by atoms with Gasteiger partial charge < -0.3 is 24.6 Å². The van der Waals surface area contributed by atoms with Gasteiger partial charge in [-0.2, -0.15) is 8.78 Å². The maximum Gasteiger partial charge on any atom is 0.303 e. The SMILES string of the molecule is COc1cc2nc(C)nc(N[C@H](C)c3cccc(C(F)(F)C(C)(C)O)c3F)c2cc1OCCOC(C)C. The van der Waals surface area contributed by atoms with Crippen molar-refractivity contribution in [2.75, 3.05) is 25.6 Å². The predicted molar refractivity (Wildman–Crippen MR) is 136 cm³/mol. The van der Waals surface area contributed by atoms with E-state index in [-0.39, 0.29) is 11.7 Å². The number of rotatable bonds is 11. The van der Waals surface area contributed by atoms with Gasteiger partial charge in [0.2, 0.25) is 0 Å². The molecule has 1 atom stereocenters. The Bertz CT molecular complexity index is 1250. The summed E-state index contributed by atoms with van der Waals surface area (Å²) >= 11 is 0. The van der Waals surface area contributed by atoms with E-state index < -0.39 is 28.9 Å². The molecule has 1 heterocycles. The first kappa shape index (κ1) is 28.5. The van der Waals surface area contributed by atoms with E-state index in [9.17, 15) is 13.9 Å². The van der Waals surface area contributed by atoms with Crippen molar-refractivity contribution in [3.8, 4) is 11.5 Å². The van der Waals surface area contributed by atoms with Gasteiger partial charge >= 0.3 is 5.92 Å². The van der Waals surface area contributed by atoms with Gasteiger partial charge in [-0.3, -0.25) is 0 Å². The smallest absolute Gasteiger partial charge is 0.303 e. The summed E-state index contributed by atoms with van der Waals surface area (Å²) in [5, 5.41) is 13.6. The van der Waals surface area contributed by atoms with Gasteiger partial charge in [-0.1, -0.05) is 12.1 Å². The summed E-state index contributed by atoms with van der Waals surface area (Å²) in [6, 6.07) is 6.41. The minimum Gasteiger partial charge on any atom is -0.493 e. The van der Waals surface area contributed by atoms with Crippen molar-refractivity contribution >= 4 is 16.7 Å². The number of halogens is 3. The first-order valence-electron chi connectivity index (χ1n) is 12.0. The summed E-state index contributed by atoms with van der Waals surface area (Å²) in [6.45, 7) is 9.77. The van der Waals surface area contributed by atoms with E-state index in [2.05, 4.69) is 15.3 Å². The van der Waals surface area contributed by atoms with Crippen LogP contribution in [0.5, 0.6) is 11.5 Å². The Labute approximate surface area is 215 Å². The fraction of sp³-hybridized carbons (Fsp3) is 0.481. The summed E-state index contributed by atoms with van der Waals surface area (Å²) in [5.74, 6) is -3.15. The van der Waals surface area contributed by atoms with Crippen LogP contribution in [-0.2, 0) is 10.7 Å². The highest BCUT2D eigenvalue weighted by Gasteiger charge is 2.49. The van der Waals surface area contributed by atoms with Crippen molar-refractivity contribution in [2.45, 2.75) is 65.2 Å². The van der Waals surface area contributed by atoms with E-state index in [1.807, 2.05) is 13.8 Å². The lowest BCUT2D eigenvalue weighted by atomic mass is 9.91. The molecule has 2 N–H and O–H groups in total. The number of aromatic nitrogens is 2. The van der Waals surface area contributed by atoms with Crippen LogP contribution in [0.3, 0.4) is 0 Å². The Morgan fingerprint density at radius 2 is 1.76 bits per heavy atom. The number of methoxy groups -OCH3 is 1. The number of fused-ring (bicyclic) bond motifs is 1. The Balaban J connectivity index is 1.98. The highest BCUT2D eigenvalue weighted by atomic mass is 19.3. The zero-order valence-corrected chi connectivity index (χ0v) is 22.2. The zero-order valence-electron chi connectivity index (χ0n) is 22.2. The lowest BCUT2D eigenvalue weighted by Gasteiger charge is -2.30. The van der Waals surface area contributed by atoms with Gasteiger partial charge in [0.25, 0.3) is 0 Å². The molecule has 0 radical (unpaired) electrons. The molecule has 37 heavy (non-hydrogen) atoms. The zero-order chi connectivity index (χ0) is 27.5. The number of hydrogen-bond donors (Lipinski definition) is 2. The summed E-state index contributed by atoms with van der Waals surface area (Å²) in [7, 11) is 1.52. The van der Waals surface area contributed by atoms with Gasteiger partial charge in [0.15, 0.2) is 11.5 Å². The molecule has 0 unspecified atom stereocenters. The van der Waals surface area contributed by atoms with E-state index >= 15 is 4.39 Å². The standard InChI is InChI=1S/C27H34F3N3O4/c1-15(2)36-11-12-37-23-13-19-21(14-22(23)35-7)32-17(4)33-25(19)31-16(3)18-9-8-10-20(24(18)28)27(29,30)26(5,6)34/h8-10,13-16,34H,11-12H2,1-7H3,(H,31,32,33)/t16-/m1/s1. The highest BCUT2D eigenvalue weighted by molar-refractivity contribution is 5.92. The molecule has 0 bridgehead atoms. The monoisotopic (exact) mass is 521 g/mol. The van der Waals surface area contributed by atoms with Crippen LogP contribution in [0.4, 0.5) is 19.0 Å². The molecule has 0 saturated carbocycles. The third kappa shape index (κ3) is 6.24. The van der Waals surface area contributed by atoms with Crippen molar-refractivity contribution in [3.63, 3.8) is 0 Å². The third-order valence-corrected chi connectivity index (χ3v) is 5.84. The van der Waals surface area contributed by atoms with E-state index in [1.54, 1.807) is 26.0 Å². The normalized spacial score (nSPS) is 13.2. The van der Waals surface area contributed by atoms with Gasteiger partial charge in [-0.15, -0.1) is 0 Å². The van der Waals surface area contributed by atoms with Crippen LogP contribution >= 0.6 is 0 Å². The topological polar surface area (TPSA) is 85.7 Å². The minimum atomic E-state index is -3.80. The van der Waals surface area contributed by atoms with Crippen LogP contribution in [0.1, 0.15) is 57.6 Å². The molecule has 3 rings (SSSR count). The van der Waals surface area contributed by atoms with Crippen molar-refractivity contribution in [1.82, 2.24) is 9.97 Å². The minimum absolute atomic E-state index is 0.00154. The van der Waals surface area contributed by atoms with Gasteiger partial charge in [0, 0.05) is 17.0 Å². The van der Waals surface area contributed by atoms with Crippen molar-refractivity contribution < 1.29 is 32.5 Å². The molecule has 0 spiro atoms. The van der Waals surface area contributed by atoms with Crippen molar-refractivity contribution in [1.29, 1.82) is 0 Å². The average Bonchev–Trinajstić information content (AvgIpc) is 2.80. The fourth-order valence-corrected chi connectivity index (χ4v) is 3.81. The lowest BCUT2D eigenvalue weighted by molar-refractivity contribution is -0.170. The number of benzene rings is 2. The number of anilines is 1. The molecule has 0 saturated heterocycles. The first-order chi connectivity index (χ1) is 17.3. The number of aliphatic hydroxyl groups is 1. The molecule has 0 aliphatic rings. The van der Waals surface area contributed by atoms with Gasteiger partial charge in [-0.25, -0.2) is 14.4 Å². The van der Waals surface area contributed by atoms with Crippen LogP contribution < -0.4 is 14.8 Å². The van der Waals surface area contributed by atoms with Gasteiger partial charge in [0.1, 0.15) is 29.7 Å². The number of hydrogen-bond acceptors (Lipinski definition) is 7. The van der Waals surface area contributed by atoms with Crippen LogP contribution in [0.15, 0.2) is 30.3 Å². The highest BCUT2D eigenvalue weighted by Crippen LogP contribution is 2.41. The Kier molecular flexibility index (Phi) is 8.54. The number of nitrogens with one attached hydrogen (secondary N) is 1. The maximum atomic E-state index is 15.3. The molecule has 0 aliphatic carbocycles. The third-order valence-electron chi connectivity index (χ3n) is 5.84. The second-order valence-corrected chi connectivity index (χ2v) is 9.62. The predicted octanol–water partition coefficient (Wildman–Crippen LogP) is 5.93. The number of aryl methyl sites for hydroxylation is 1. The molecule has 0 amide bonds. The molecule has 1 aromatic heterocycles. The van der Waals surface area contributed by atoms with E-state index in [4.69, 9.17) is 14.2 Å². The molecule has 0 fully saturated rings. The molecule has 10 heteroatoms. The largest absolute Gasteiger partial charge is 0.493 e. The number of ether oxygens (including phenoxy) is 3. The quantitative estimate of drug-likeness (QED) is 0.303. The molecule has 0 aliphatic heterocycles. The van der Waals surface area contributed by atoms with Crippen LogP contribution in [0, 0.1) is 12.7 Å². The summed E-state index contributed by atoms with van der Waals surface area (Å²) < 4.78 is 61.7. The summed E-state index contributed by atoms with van der Waals surface area (Å²) in [6.07, 6.45) is 0.0677. The second kappa shape index (κ2) is 11.1. The Morgan fingerprint density at radius 1 is 1.05 bits per heavy atom. The Hall–Kier alpha value is -3.11. The van der Waals surface area contributed by atoms with Gasteiger partial charge in [0.05, 0.1) is 36.9 Å². The van der Waals surface area contributed by atoms with Crippen LogP contribution in [0.2, 0.25) is 0 Å². The van der Waals surface area contributed by atoms with Crippen LogP contribution in [-0.4, -0.2) is 47.1 Å². The second-order valence-electron chi connectivity index (χ2n) is 9.62. The molecule has 2 aromatic carbocycles. The lowest BCUT2D eigenvalue weighted by Crippen LogP contribution is -2.41. The summed E-state index contributed by atoms with van der Waals surface area (Å²) in [4.78, 5) is 8.93. The van der Waals surface area contributed by atoms with Gasteiger partial charge in [-0.05, 0) is 53.7 Å². The fourth-order valence-electron chi connectivity index (χ4n) is 3.81. The average molecular weight is 522 g/mol. The molecular formula is C27H34F3N3O4. The van der Waals surface area contributed by atoms with E-state index in [1.165, 1.54) is 19.2 Å². The molecule has 7 nitrogen and oxygen atoms in total. The maximum absolute atomic E-state index is 15.3. The first-order valence-corrected chi connectivity index (χ1v) is 12.0. The van der Waals surface area contributed by atoms with Crippen LogP contribution in [0.25, 0.3) is 10.9 Å². The summed E-state index contributed by atoms with van der Waals surface area (Å²) in [5.41, 5.74) is -2.76. The number of nitrogens with zero attached hydrogens (tertiary/aromatic N) is 2. The van der Waals surface area contributed by atoms with E-state index in [0.29, 0.717) is 47.3 Å². The molecular weight excluding hydrogens is 487 g/mol. The Morgan fingerprint density at radius 3 is 2.38 bits per heavy atom. The molecule has 202 valence electrons. The van der Waals surface area contributed by atoms with Crippen molar-refractivity contribution in [3.05, 3.63) is 53.1 Å².